The molecule has 1 amide bonds. The van der Waals surface area contributed by atoms with Gasteiger partial charge in [0.2, 0.25) is 0 Å². The number of thioether (sulfide) groups is 1. The second-order valence-electron chi connectivity index (χ2n) is 4.81. The Labute approximate surface area is 136 Å². The average Bonchev–Trinajstić information content (AvgIpc) is 3.09. The van der Waals surface area contributed by atoms with Gasteiger partial charge in [0.1, 0.15) is 0 Å². The van der Waals surface area contributed by atoms with E-state index in [4.69, 9.17) is 0 Å². The van der Waals surface area contributed by atoms with Gasteiger partial charge >= 0.3 is 0 Å². The zero-order valence-corrected chi connectivity index (χ0v) is 14.2. The zero-order valence-electron chi connectivity index (χ0n) is 12.6. The van der Waals surface area contributed by atoms with E-state index >= 15 is 0 Å². The molecule has 0 saturated heterocycles. The second kappa shape index (κ2) is 6.10. The van der Waals surface area contributed by atoms with E-state index in [0.29, 0.717) is 5.69 Å². The summed E-state index contributed by atoms with van der Waals surface area (Å²) in [5, 5.41) is 7.20. The van der Waals surface area contributed by atoms with Crippen LogP contribution in [0, 0.1) is 6.92 Å². The highest BCUT2D eigenvalue weighted by molar-refractivity contribution is 8.00. The Kier molecular flexibility index (Phi) is 4.17. The van der Waals surface area contributed by atoms with Crippen LogP contribution in [0.25, 0.3) is 10.2 Å². The molecule has 0 aliphatic rings. The Morgan fingerprint density at radius 1 is 1.41 bits per heavy atom. The van der Waals surface area contributed by atoms with Crippen molar-refractivity contribution in [1.29, 1.82) is 0 Å². The molecule has 3 rings (SSSR count). The monoisotopic (exact) mass is 332 g/mol. The summed E-state index contributed by atoms with van der Waals surface area (Å²) in [5.74, 6) is -0.191. The first kappa shape index (κ1) is 15.1. The number of aryl methyl sites for hydroxylation is 2. The van der Waals surface area contributed by atoms with E-state index in [1.54, 1.807) is 29.2 Å². The van der Waals surface area contributed by atoms with Gasteiger partial charge < -0.3 is 5.32 Å². The fraction of sp³-hybridized carbons (Fsp3) is 0.267. The van der Waals surface area contributed by atoms with Gasteiger partial charge in [0, 0.05) is 17.9 Å². The largest absolute Gasteiger partial charge is 0.321 e. The summed E-state index contributed by atoms with van der Waals surface area (Å²) in [4.78, 5) is 16.8. The molecule has 0 saturated carbocycles. The number of nitrogens with zero attached hydrogens (tertiary/aromatic N) is 3. The number of anilines is 1. The van der Waals surface area contributed by atoms with Crippen molar-refractivity contribution in [3.63, 3.8) is 0 Å². The first-order valence-corrected chi connectivity index (χ1v) is 8.95. The van der Waals surface area contributed by atoms with Crippen LogP contribution in [0.5, 0.6) is 0 Å². The topological polar surface area (TPSA) is 59.8 Å². The molecule has 0 unspecified atom stereocenters. The lowest BCUT2D eigenvalue weighted by atomic mass is 10.3. The summed E-state index contributed by atoms with van der Waals surface area (Å²) in [5.41, 5.74) is 3.14. The number of aromatic nitrogens is 3. The molecule has 5 nitrogen and oxygen atoms in total. The molecule has 114 valence electrons. The van der Waals surface area contributed by atoms with Crippen LogP contribution in [0.15, 0.2) is 28.6 Å². The third-order valence-electron chi connectivity index (χ3n) is 3.31. The van der Waals surface area contributed by atoms with Gasteiger partial charge in [0.15, 0.2) is 10.0 Å². The predicted molar refractivity (Wildman–Crippen MR) is 92.0 cm³/mol. The fourth-order valence-electron chi connectivity index (χ4n) is 2.20. The van der Waals surface area contributed by atoms with Crippen molar-refractivity contribution in [3.05, 3.63) is 35.7 Å². The summed E-state index contributed by atoms with van der Waals surface area (Å²) < 4.78 is 3.90. The Morgan fingerprint density at radius 3 is 2.91 bits per heavy atom. The number of carbonyl (C=O) groups is 1. The maximum absolute atomic E-state index is 12.3. The van der Waals surface area contributed by atoms with Crippen LogP contribution in [-0.2, 0) is 6.54 Å². The number of amides is 1. The maximum atomic E-state index is 12.3. The number of fused-ring (bicyclic) bond motifs is 1. The van der Waals surface area contributed by atoms with Gasteiger partial charge in [-0.25, -0.2) is 4.98 Å². The minimum atomic E-state index is -0.191. The molecular weight excluding hydrogens is 316 g/mol. The summed E-state index contributed by atoms with van der Waals surface area (Å²) in [6, 6.07) is 7.55. The number of hydrogen-bond donors (Lipinski definition) is 1. The van der Waals surface area contributed by atoms with Crippen molar-refractivity contribution >= 4 is 44.9 Å². The molecule has 0 aliphatic carbocycles. The van der Waals surface area contributed by atoms with E-state index in [1.807, 2.05) is 43.0 Å². The first-order chi connectivity index (χ1) is 10.6. The SMILES string of the molecule is CCn1nc(C(=O)Nc2ccc3nc(SC)sc3c2)cc1C. The van der Waals surface area contributed by atoms with Gasteiger partial charge in [-0.05, 0) is 44.4 Å². The molecule has 7 heteroatoms. The van der Waals surface area contributed by atoms with Crippen molar-refractivity contribution < 1.29 is 4.79 Å². The maximum Gasteiger partial charge on any atom is 0.276 e. The van der Waals surface area contributed by atoms with E-state index in [9.17, 15) is 4.79 Å². The van der Waals surface area contributed by atoms with Crippen molar-refractivity contribution in [2.75, 3.05) is 11.6 Å². The van der Waals surface area contributed by atoms with Gasteiger partial charge in [-0.2, -0.15) is 5.10 Å². The third kappa shape index (κ3) is 2.86. The Balaban J connectivity index is 1.83. The number of carbonyl (C=O) groups excluding carboxylic acids is 1. The van der Waals surface area contributed by atoms with Crippen LogP contribution >= 0.6 is 23.1 Å². The van der Waals surface area contributed by atoms with Gasteiger partial charge in [0.05, 0.1) is 10.2 Å². The van der Waals surface area contributed by atoms with Crippen LogP contribution in [0.2, 0.25) is 0 Å². The Hall–Kier alpha value is -1.86. The molecule has 1 aromatic carbocycles. The van der Waals surface area contributed by atoms with Gasteiger partial charge in [-0.3, -0.25) is 9.48 Å². The summed E-state index contributed by atoms with van der Waals surface area (Å²) in [6.07, 6.45) is 2.01. The lowest BCUT2D eigenvalue weighted by molar-refractivity contribution is 0.102. The van der Waals surface area contributed by atoms with Gasteiger partial charge in [0.25, 0.3) is 5.91 Å². The molecule has 0 aliphatic heterocycles. The number of benzene rings is 1. The highest BCUT2D eigenvalue weighted by atomic mass is 32.2. The third-order valence-corrected chi connectivity index (χ3v) is 5.32. The number of nitrogens with one attached hydrogen (secondary N) is 1. The summed E-state index contributed by atoms with van der Waals surface area (Å²) in [7, 11) is 0. The van der Waals surface area contributed by atoms with E-state index in [-0.39, 0.29) is 5.91 Å². The highest BCUT2D eigenvalue weighted by Crippen LogP contribution is 2.30. The smallest absolute Gasteiger partial charge is 0.276 e. The van der Waals surface area contributed by atoms with Crippen LogP contribution in [0.4, 0.5) is 5.69 Å². The van der Waals surface area contributed by atoms with Crippen LogP contribution in [0.3, 0.4) is 0 Å². The van der Waals surface area contributed by atoms with E-state index in [0.717, 1.165) is 32.5 Å². The minimum Gasteiger partial charge on any atom is -0.321 e. The van der Waals surface area contributed by atoms with Crippen molar-refractivity contribution in [3.8, 4) is 0 Å². The average molecular weight is 332 g/mol. The molecule has 0 radical (unpaired) electrons. The number of hydrogen-bond acceptors (Lipinski definition) is 5. The zero-order chi connectivity index (χ0) is 15.7. The summed E-state index contributed by atoms with van der Waals surface area (Å²) in [6.45, 7) is 4.70. The summed E-state index contributed by atoms with van der Waals surface area (Å²) >= 11 is 3.25. The lowest BCUT2D eigenvalue weighted by Gasteiger charge is -2.02. The second-order valence-corrected chi connectivity index (χ2v) is 6.89. The molecule has 0 fully saturated rings. The molecule has 2 heterocycles. The van der Waals surface area contributed by atoms with Crippen molar-refractivity contribution in [2.24, 2.45) is 0 Å². The molecule has 0 atom stereocenters. The molecular formula is C15H16N4OS2. The van der Waals surface area contributed by atoms with Crippen molar-refractivity contribution in [2.45, 2.75) is 24.7 Å². The number of rotatable bonds is 4. The van der Waals surface area contributed by atoms with E-state index in [1.165, 1.54) is 0 Å². The normalized spacial score (nSPS) is 11.0. The predicted octanol–water partition coefficient (Wildman–Crippen LogP) is 3.80. The molecule has 3 aromatic rings. The van der Waals surface area contributed by atoms with Crippen LogP contribution in [0.1, 0.15) is 23.1 Å². The Bertz CT molecular complexity index is 837. The van der Waals surface area contributed by atoms with Crippen LogP contribution in [-0.4, -0.2) is 26.9 Å². The quantitative estimate of drug-likeness (QED) is 0.738. The number of thiazole rings is 1. The van der Waals surface area contributed by atoms with Gasteiger partial charge in [-0.1, -0.05) is 11.8 Å². The fourth-order valence-corrected chi connectivity index (χ4v) is 3.73. The lowest BCUT2D eigenvalue weighted by Crippen LogP contribution is -2.13. The highest BCUT2D eigenvalue weighted by Gasteiger charge is 2.12. The van der Waals surface area contributed by atoms with Crippen molar-refractivity contribution in [1.82, 2.24) is 14.8 Å². The molecule has 0 bridgehead atoms. The first-order valence-electron chi connectivity index (χ1n) is 6.91. The minimum absolute atomic E-state index is 0.191. The standard InChI is InChI=1S/C15H16N4OS2/c1-4-19-9(2)7-12(18-19)14(20)16-10-5-6-11-13(8-10)22-15(17-11)21-3/h5-8H,4H2,1-3H3,(H,16,20). The molecule has 0 spiro atoms. The Morgan fingerprint density at radius 2 is 2.23 bits per heavy atom. The molecule has 22 heavy (non-hydrogen) atoms. The van der Waals surface area contributed by atoms with Gasteiger partial charge in [-0.15, -0.1) is 11.3 Å². The molecule has 1 N–H and O–H groups in total. The molecule has 2 aromatic heterocycles. The van der Waals surface area contributed by atoms with E-state index < -0.39 is 0 Å². The van der Waals surface area contributed by atoms with E-state index in [2.05, 4.69) is 15.4 Å². The van der Waals surface area contributed by atoms with Crippen LogP contribution < -0.4 is 5.32 Å².